The van der Waals surface area contributed by atoms with E-state index in [0.717, 1.165) is 33.0 Å². The molecule has 6 nitrogen and oxygen atoms in total. The van der Waals surface area contributed by atoms with Gasteiger partial charge >= 0.3 is 0 Å². The van der Waals surface area contributed by atoms with Crippen LogP contribution in [-0.4, -0.2) is 25.9 Å². The summed E-state index contributed by atoms with van der Waals surface area (Å²) in [7, 11) is 0. The number of thiazole rings is 1. The Kier molecular flexibility index (Phi) is 3.99. The molecule has 1 amide bonds. The second-order valence-corrected chi connectivity index (χ2v) is 6.68. The van der Waals surface area contributed by atoms with Crippen LogP contribution in [0, 0.1) is 6.92 Å². The maximum Gasteiger partial charge on any atom is 0.246 e. The van der Waals surface area contributed by atoms with Crippen LogP contribution in [0.25, 0.3) is 22.3 Å². The number of carbonyl (C=O) groups excluding carboxylic acids is 1. The van der Waals surface area contributed by atoms with Crippen molar-refractivity contribution in [1.29, 1.82) is 0 Å². The Morgan fingerprint density at radius 1 is 1.16 bits per heavy atom. The molecule has 1 N–H and O–H groups in total. The Morgan fingerprint density at radius 3 is 2.72 bits per heavy atom. The van der Waals surface area contributed by atoms with Crippen LogP contribution in [0.15, 0.2) is 53.9 Å². The van der Waals surface area contributed by atoms with E-state index in [1.54, 1.807) is 16.0 Å². The van der Waals surface area contributed by atoms with E-state index in [2.05, 4.69) is 20.6 Å². The van der Waals surface area contributed by atoms with Crippen LogP contribution in [-0.2, 0) is 11.3 Å². The lowest BCUT2D eigenvalue weighted by molar-refractivity contribution is -0.116. The Morgan fingerprint density at radius 2 is 1.96 bits per heavy atom. The van der Waals surface area contributed by atoms with Gasteiger partial charge in [-0.1, -0.05) is 29.5 Å². The molecule has 0 bridgehead atoms. The molecule has 124 valence electrons. The molecule has 0 aliphatic carbocycles. The summed E-state index contributed by atoms with van der Waals surface area (Å²) in [4.78, 5) is 16.7. The van der Waals surface area contributed by atoms with Gasteiger partial charge in [-0.3, -0.25) is 4.79 Å². The van der Waals surface area contributed by atoms with Gasteiger partial charge in [0.2, 0.25) is 5.91 Å². The molecule has 0 aliphatic rings. The first-order valence-electron chi connectivity index (χ1n) is 7.80. The average molecular weight is 349 g/mol. The van der Waals surface area contributed by atoms with Gasteiger partial charge in [0.15, 0.2) is 0 Å². The van der Waals surface area contributed by atoms with E-state index in [-0.39, 0.29) is 12.5 Å². The van der Waals surface area contributed by atoms with E-state index in [9.17, 15) is 4.79 Å². The number of amides is 1. The number of rotatable bonds is 4. The molecule has 2 heterocycles. The van der Waals surface area contributed by atoms with Crippen molar-refractivity contribution < 1.29 is 4.79 Å². The van der Waals surface area contributed by atoms with Gasteiger partial charge in [-0.05, 0) is 31.2 Å². The minimum atomic E-state index is -0.145. The molecule has 7 heteroatoms. The average Bonchev–Trinajstić information content (AvgIpc) is 3.22. The lowest BCUT2D eigenvalue weighted by atomic mass is 10.1. The van der Waals surface area contributed by atoms with Gasteiger partial charge in [0, 0.05) is 16.6 Å². The van der Waals surface area contributed by atoms with E-state index in [4.69, 9.17) is 0 Å². The van der Waals surface area contributed by atoms with Gasteiger partial charge in [-0.25, -0.2) is 9.67 Å². The number of aryl methyl sites for hydroxylation is 1. The molecular weight excluding hydrogens is 334 g/mol. The zero-order chi connectivity index (χ0) is 17.2. The van der Waals surface area contributed by atoms with E-state index in [1.165, 1.54) is 0 Å². The van der Waals surface area contributed by atoms with Crippen LogP contribution in [0.3, 0.4) is 0 Å². The first-order valence-corrected chi connectivity index (χ1v) is 8.68. The highest BCUT2D eigenvalue weighted by Gasteiger charge is 2.09. The van der Waals surface area contributed by atoms with Crippen LogP contribution in [0.2, 0.25) is 0 Å². The normalized spacial score (nSPS) is 10.9. The largest absolute Gasteiger partial charge is 0.324 e. The molecule has 0 radical (unpaired) electrons. The monoisotopic (exact) mass is 349 g/mol. The topological polar surface area (TPSA) is 72.7 Å². The van der Waals surface area contributed by atoms with Crippen LogP contribution in [0.1, 0.15) is 5.01 Å². The molecule has 0 saturated carbocycles. The summed E-state index contributed by atoms with van der Waals surface area (Å²) in [5.41, 5.74) is 4.34. The summed E-state index contributed by atoms with van der Waals surface area (Å²) >= 11 is 1.62. The van der Waals surface area contributed by atoms with Crippen molar-refractivity contribution in [3.63, 3.8) is 0 Å². The maximum atomic E-state index is 12.3. The number of hydrogen-bond acceptors (Lipinski definition) is 5. The third-order valence-corrected chi connectivity index (χ3v) is 4.57. The molecule has 0 atom stereocenters. The summed E-state index contributed by atoms with van der Waals surface area (Å²) in [5, 5.41) is 14.0. The quantitative estimate of drug-likeness (QED) is 0.612. The highest BCUT2D eigenvalue weighted by Crippen LogP contribution is 2.23. The molecule has 0 saturated heterocycles. The second kappa shape index (κ2) is 6.45. The molecule has 4 rings (SSSR count). The fourth-order valence-electron chi connectivity index (χ4n) is 2.59. The van der Waals surface area contributed by atoms with Crippen molar-refractivity contribution in [3.05, 3.63) is 58.9 Å². The molecule has 25 heavy (non-hydrogen) atoms. The Balaban J connectivity index is 1.45. The van der Waals surface area contributed by atoms with Gasteiger partial charge < -0.3 is 5.32 Å². The van der Waals surface area contributed by atoms with Crippen molar-refractivity contribution in [2.45, 2.75) is 13.5 Å². The molecule has 2 aromatic heterocycles. The lowest BCUT2D eigenvalue weighted by Crippen LogP contribution is -2.19. The van der Waals surface area contributed by atoms with Crippen molar-refractivity contribution in [2.75, 3.05) is 5.32 Å². The number of fused-ring (bicyclic) bond motifs is 1. The van der Waals surface area contributed by atoms with Gasteiger partial charge in [0.1, 0.15) is 12.1 Å². The molecule has 0 fully saturated rings. The zero-order valence-corrected chi connectivity index (χ0v) is 14.3. The fraction of sp³-hybridized carbons (Fsp3) is 0.111. The number of aromatic nitrogens is 4. The third kappa shape index (κ3) is 3.27. The number of benzene rings is 2. The predicted molar refractivity (Wildman–Crippen MR) is 98.4 cm³/mol. The first-order chi connectivity index (χ1) is 12.2. The highest BCUT2D eigenvalue weighted by molar-refractivity contribution is 7.09. The van der Waals surface area contributed by atoms with Crippen LogP contribution in [0.5, 0.6) is 0 Å². The minimum absolute atomic E-state index is 0.119. The SMILES string of the molecule is Cc1nc(-c2ccc(NC(=O)Cn3nnc4ccccc43)cc2)cs1. The van der Waals surface area contributed by atoms with E-state index in [1.807, 2.05) is 60.8 Å². The maximum absolute atomic E-state index is 12.3. The van der Waals surface area contributed by atoms with Crippen molar-refractivity contribution in [2.24, 2.45) is 0 Å². The fourth-order valence-corrected chi connectivity index (χ4v) is 3.21. The smallest absolute Gasteiger partial charge is 0.246 e. The predicted octanol–water partition coefficient (Wildman–Crippen LogP) is 3.50. The van der Waals surface area contributed by atoms with Gasteiger partial charge in [0.05, 0.1) is 16.2 Å². The zero-order valence-electron chi connectivity index (χ0n) is 13.5. The van der Waals surface area contributed by atoms with Gasteiger partial charge in [-0.15, -0.1) is 16.4 Å². The molecule has 2 aromatic carbocycles. The van der Waals surface area contributed by atoms with E-state index in [0.29, 0.717) is 0 Å². The summed E-state index contributed by atoms with van der Waals surface area (Å²) in [6.07, 6.45) is 0. The summed E-state index contributed by atoms with van der Waals surface area (Å²) < 4.78 is 1.59. The Labute approximate surface area is 148 Å². The van der Waals surface area contributed by atoms with Crippen LogP contribution in [0.4, 0.5) is 5.69 Å². The number of carbonyl (C=O) groups is 1. The molecular formula is C18H15N5OS. The van der Waals surface area contributed by atoms with E-state index < -0.39 is 0 Å². The third-order valence-electron chi connectivity index (χ3n) is 3.80. The number of nitrogens with one attached hydrogen (secondary N) is 1. The number of para-hydroxylation sites is 1. The standard InChI is InChI=1S/C18H15N5OS/c1-12-19-16(11-25-12)13-6-8-14(9-7-13)20-18(24)10-23-17-5-3-2-4-15(17)21-22-23/h2-9,11H,10H2,1H3,(H,20,24). The van der Waals surface area contributed by atoms with Crippen molar-refractivity contribution in [1.82, 2.24) is 20.0 Å². The number of hydrogen-bond donors (Lipinski definition) is 1. The summed E-state index contributed by atoms with van der Waals surface area (Å²) in [5.74, 6) is -0.145. The van der Waals surface area contributed by atoms with Crippen molar-refractivity contribution >= 4 is 34.0 Å². The van der Waals surface area contributed by atoms with Crippen molar-refractivity contribution in [3.8, 4) is 11.3 Å². The number of nitrogens with zero attached hydrogens (tertiary/aromatic N) is 4. The molecule has 4 aromatic rings. The molecule has 0 spiro atoms. The van der Waals surface area contributed by atoms with Crippen LogP contribution >= 0.6 is 11.3 Å². The first kappa shape index (κ1) is 15.5. The summed E-state index contributed by atoms with van der Waals surface area (Å²) in [6.45, 7) is 2.10. The number of anilines is 1. The lowest BCUT2D eigenvalue weighted by Gasteiger charge is -2.06. The molecule has 0 unspecified atom stereocenters. The highest BCUT2D eigenvalue weighted by atomic mass is 32.1. The summed E-state index contributed by atoms with van der Waals surface area (Å²) in [6, 6.07) is 15.2. The molecule has 0 aliphatic heterocycles. The second-order valence-electron chi connectivity index (χ2n) is 5.61. The minimum Gasteiger partial charge on any atom is -0.324 e. The van der Waals surface area contributed by atoms with Gasteiger partial charge in [0.25, 0.3) is 0 Å². The Hall–Kier alpha value is -3.06. The Bertz CT molecular complexity index is 1040. The van der Waals surface area contributed by atoms with Crippen LogP contribution < -0.4 is 5.32 Å². The van der Waals surface area contributed by atoms with E-state index >= 15 is 0 Å². The van der Waals surface area contributed by atoms with Gasteiger partial charge in [-0.2, -0.15) is 0 Å².